The molecule has 0 aromatic heterocycles. The predicted molar refractivity (Wildman–Crippen MR) is 84.2 cm³/mol. The van der Waals surface area contributed by atoms with E-state index in [-0.39, 0.29) is 0 Å². The van der Waals surface area contributed by atoms with Crippen LogP contribution in [-0.2, 0) is 4.74 Å². The number of rotatable bonds is 6. The molecule has 2 fully saturated rings. The smallest absolute Gasteiger partial charge is 0.0472 e. The fourth-order valence-corrected chi connectivity index (χ4v) is 3.90. The van der Waals surface area contributed by atoms with Gasteiger partial charge in [0, 0.05) is 32.3 Å². The summed E-state index contributed by atoms with van der Waals surface area (Å²) in [6.45, 7) is 10.2. The molecule has 0 saturated carbocycles. The Hall–Kier alpha value is -0.160. The first-order valence-electron chi connectivity index (χ1n) is 8.34. The van der Waals surface area contributed by atoms with Crippen LogP contribution in [0, 0.1) is 5.41 Å². The SMILES string of the molecule is CCN1CCC(N(C)CC2(CNC)CCOCC2)CC1. The molecule has 2 aliphatic rings. The summed E-state index contributed by atoms with van der Waals surface area (Å²) in [7, 11) is 4.41. The van der Waals surface area contributed by atoms with E-state index in [2.05, 4.69) is 36.1 Å². The molecule has 0 unspecified atom stereocenters. The van der Waals surface area contributed by atoms with Gasteiger partial charge in [0.2, 0.25) is 0 Å². The Labute approximate surface area is 124 Å². The summed E-state index contributed by atoms with van der Waals surface area (Å²) in [5, 5.41) is 3.41. The van der Waals surface area contributed by atoms with Crippen LogP contribution in [0.2, 0.25) is 0 Å². The Balaban J connectivity index is 1.86. The highest BCUT2D eigenvalue weighted by Crippen LogP contribution is 2.32. The Kier molecular flexibility index (Phi) is 6.27. The van der Waals surface area contributed by atoms with Crippen LogP contribution in [0.5, 0.6) is 0 Å². The summed E-state index contributed by atoms with van der Waals surface area (Å²) < 4.78 is 5.57. The van der Waals surface area contributed by atoms with Crippen LogP contribution in [0.3, 0.4) is 0 Å². The number of nitrogens with zero attached hydrogens (tertiary/aromatic N) is 2. The molecule has 0 amide bonds. The lowest BCUT2D eigenvalue weighted by Gasteiger charge is -2.44. The van der Waals surface area contributed by atoms with Gasteiger partial charge in [0.05, 0.1) is 0 Å². The van der Waals surface area contributed by atoms with Crippen LogP contribution < -0.4 is 5.32 Å². The van der Waals surface area contributed by atoms with E-state index in [1.807, 2.05) is 0 Å². The van der Waals surface area contributed by atoms with Crippen molar-refractivity contribution < 1.29 is 4.74 Å². The van der Waals surface area contributed by atoms with Crippen molar-refractivity contribution in [2.24, 2.45) is 5.41 Å². The van der Waals surface area contributed by atoms with Gasteiger partial charge < -0.3 is 19.9 Å². The van der Waals surface area contributed by atoms with E-state index in [1.165, 1.54) is 51.9 Å². The maximum absolute atomic E-state index is 5.57. The predicted octanol–water partition coefficient (Wildman–Crippen LogP) is 1.42. The third-order valence-electron chi connectivity index (χ3n) is 5.32. The normalized spacial score (nSPS) is 25.2. The number of likely N-dealkylation sites (tertiary alicyclic amines) is 1. The average molecular weight is 283 g/mol. The van der Waals surface area contributed by atoms with Crippen molar-refractivity contribution in [1.82, 2.24) is 15.1 Å². The second-order valence-corrected chi connectivity index (χ2v) is 6.72. The van der Waals surface area contributed by atoms with Crippen molar-refractivity contribution in [1.29, 1.82) is 0 Å². The van der Waals surface area contributed by atoms with Crippen molar-refractivity contribution in [2.75, 3.05) is 60.0 Å². The molecule has 4 nitrogen and oxygen atoms in total. The first-order valence-corrected chi connectivity index (χ1v) is 8.34. The fraction of sp³-hybridized carbons (Fsp3) is 1.00. The number of nitrogens with one attached hydrogen (secondary N) is 1. The second-order valence-electron chi connectivity index (χ2n) is 6.72. The molecule has 0 aliphatic carbocycles. The third-order valence-corrected chi connectivity index (χ3v) is 5.32. The summed E-state index contributed by atoms with van der Waals surface area (Å²) in [4.78, 5) is 5.21. The van der Waals surface area contributed by atoms with Gasteiger partial charge in [0.1, 0.15) is 0 Å². The highest BCUT2D eigenvalue weighted by Gasteiger charge is 2.35. The standard InChI is InChI=1S/C16H33N3O/c1-4-19-9-5-15(6-10-19)18(3)14-16(13-17-2)7-11-20-12-8-16/h15,17H,4-14H2,1-3H3. The minimum absolute atomic E-state index is 0.420. The average Bonchev–Trinajstić information content (AvgIpc) is 2.48. The first kappa shape index (κ1) is 16.2. The van der Waals surface area contributed by atoms with Gasteiger partial charge in [-0.05, 0) is 64.8 Å². The van der Waals surface area contributed by atoms with Crippen LogP contribution in [-0.4, -0.2) is 75.9 Å². The second kappa shape index (κ2) is 7.74. The van der Waals surface area contributed by atoms with Crippen molar-refractivity contribution in [3.63, 3.8) is 0 Å². The van der Waals surface area contributed by atoms with Gasteiger partial charge in [-0.3, -0.25) is 0 Å². The molecule has 2 heterocycles. The third kappa shape index (κ3) is 4.17. The van der Waals surface area contributed by atoms with Crippen LogP contribution in [0.4, 0.5) is 0 Å². The van der Waals surface area contributed by atoms with Gasteiger partial charge in [-0.2, -0.15) is 0 Å². The molecule has 0 aromatic carbocycles. The number of hydrogen-bond donors (Lipinski definition) is 1. The molecule has 2 rings (SSSR count). The lowest BCUT2D eigenvalue weighted by Crippen LogP contribution is -2.50. The maximum atomic E-state index is 5.57. The molecular weight excluding hydrogens is 250 g/mol. The zero-order chi connectivity index (χ0) is 14.4. The molecule has 2 saturated heterocycles. The molecule has 0 bridgehead atoms. The maximum Gasteiger partial charge on any atom is 0.0472 e. The minimum atomic E-state index is 0.420. The highest BCUT2D eigenvalue weighted by atomic mass is 16.5. The molecule has 0 aromatic rings. The van der Waals surface area contributed by atoms with Gasteiger partial charge in [-0.15, -0.1) is 0 Å². The first-order chi connectivity index (χ1) is 9.69. The zero-order valence-electron chi connectivity index (χ0n) is 13.7. The summed E-state index contributed by atoms with van der Waals surface area (Å²) in [6.07, 6.45) is 5.06. The number of hydrogen-bond acceptors (Lipinski definition) is 4. The van der Waals surface area contributed by atoms with Gasteiger partial charge in [-0.1, -0.05) is 6.92 Å². The molecule has 20 heavy (non-hydrogen) atoms. The Morgan fingerprint density at radius 3 is 2.45 bits per heavy atom. The van der Waals surface area contributed by atoms with Crippen LogP contribution in [0.1, 0.15) is 32.6 Å². The van der Waals surface area contributed by atoms with Gasteiger partial charge in [-0.25, -0.2) is 0 Å². The zero-order valence-corrected chi connectivity index (χ0v) is 13.7. The van der Waals surface area contributed by atoms with Crippen molar-refractivity contribution in [3.8, 4) is 0 Å². The van der Waals surface area contributed by atoms with Crippen LogP contribution in [0.25, 0.3) is 0 Å². The van der Waals surface area contributed by atoms with Crippen molar-refractivity contribution in [2.45, 2.75) is 38.6 Å². The quantitative estimate of drug-likeness (QED) is 0.798. The van der Waals surface area contributed by atoms with Crippen LogP contribution in [0.15, 0.2) is 0 Å². The largest absolute Gasteiger partial charge is 0.381 e. The molecule has 4 heteroatoms. The Bertz CT molecular complexity index is 265. The van der Waals surface area contributed by atoms with E-state index in [0.29, 0.717) is 5.41 Å². The highest BCUT2D eigenvalue weighted by molar-refractivity contribution is 4.89. The van der Waals surface area contributed by atoms with Gasteiger partial charge in [0.15, 0.2) is 0 Å². The van der Waals surface area contributed by atoms with Crippen LogP contribution >= 0.6 is 0 Å². The van der Waals surface area contributed by atoms with E-state index in [0.717, 1.165) is 25.8 Å². The molecule has 2 aliphatic heterocycles. The van der Waals surface area contributed by atoms with Crippen molar-refractivity contribution >= 4 is 0 Å². The summed E-state index contributed by atoms with van der Waals surface area (Å²) in [6, 6.07) is 0.773. The van der Waals surface area contributed by atoms with E-state index in [1.54, 1.807) is 0 Å². The molecular formula is C16H33N3O. The van der Waals surface area contributed by atoms with E-state index < -0.39 is 0 Å². The molecule has 0 radical (unpaired) electrons. The molecule has 0 atom stereocenters. The lowest BCUT2D eigenvalue weighted by molar-refractivity contribution is -0.0108. The summed E-state index contributed by atoms with van der Waals surface area (Å²) in [5.41, 5.74) is 0.420. The van der Waals surface area contributed by atoms with E-state index in [9.17, 15) is 0 Å². The minimum Gasteiger partial charge on any atom is -0.381 e. The Morgan fingerprint density at radius 1 is 1.25 bits per heavy atom. The number of ether oxygens (including phenoxy) is 1. The van der Waals surface area contributed by atoms with Gasteiger partial charge in [0.25, 0.3) is 0 Å². The molecule has 118 valence electrons. The topological polar surface area (TPSA) is 27.7 Å². The lowest BCUT2D eigenvalue weighted by atomic mass is 9.79. The summed E-state index contributed by atoms with van der Waals surface area (Å²) in [5.74, 6) is 0. The van der Waals surface area contributed by atoms with Crippen molar-refractivity contribution in [3.05, 3.63) is 0 Å². The van der Waals surface area contributed by atoms with E-state index in [4.69, 9.17) is 4.74 Å². The molecule has 0 spiro atoms. The fourth-order valence-electron chi connectivity index (χ4n) is 3.90. The monoisotopic (exact) mass is 283 g/mol. The summed E-state index contributed by atoms with van der Waals surface area (Å²) >= 11 is 0. The van der Waals surface area contributed by atoms with E-state index >= 15 is 0 Å². The number of piperidine rings is 1. The van der Waals surface area contributed by atoms with Gasteiger partial charge >= 0.3 is 0 Å². The molecule has 1 N–H and O–H groups in total. The Morgan fingerprint density at radius 2 is 1.90 bits per heavy atom.